The minimum absolute atomic E-state index is 0.0513. The molecular formula is C15H22N2O2. The van der Waals surface area contributed by atoms with E-state index in [0.29, 0.717) is 12.5 Å². The van der Waals surface area contributed by atoms with Gasteiger partial charge in [-0.3, -0.25) is 4.79 Å². The van der Waals surface area contributed by atoms with Crippen LogP contribution in [0.2, 0.25) is 0 Å². The Bertz CT molecular complexity index is 399. The smallest absolute Gasteiger partial charge is 0.225 e. The zero-order valence-corrected chi connectivity index (χ0v) is 11.4. The van der Waals surface area contributed by atoms with Crippen molar-refractivity contribution in [3.8, 4) is 5.75 Å². The molecule has 0 aromatic heterocycles. The molecule has 1 aromatic rings. The molecule has 1 amide bonds. The fraction of sp³-hybridized carbons (Fsp3) is 0.533. The summed E-state index contributed by atoms with van der Waals surface area (Å²) in [5.74, 6) is 0.894. The monoisotopic (exact) mass is 262 g/mol. The Balaban J connectivity index is 1.69. The van der Waals surface area contributed by atoms with E-state index in [0.717, 1.165) is 31.0 Å². The Morgan fingerprint density at radius 2 is 2.05 bits per heavy atom. The Hall–Kier alpha value is -1.55. The van der Waals surface area contributed by atoms with Gasteiger partial charge < -0.3 is 15.4 Å². The molecule has 0 radical (unpaired) electrons. The van der Waals surface area contributed by atoms with Crippen LogP contribution in [-0.2, 0) is 4.79 Å². The fourth-order valence-electron chi connectivity index (χ4n) is 1.76. The van der Waals surface area contributed by atoms with Crippen molar-refractivity contribution in [3.63, 3.8) is 0 Å². The molecule has 1 aliphatic rings. The van der Waals surface area contributed by atoms with Crippen molar-refractivity contribution in [2.45, 2.75) is 38.6 Å². The Labute approximate surface area is 114 Å². The van der Waals surface area contributed by atoms with Crippen LogP contribution in [0.3, 0.4) is 0 Å². The molecule has 0 spiro atoms. The highest BCUT2D eigenvalue weighted by atomic mass is 16.5. The third kappa shape index (κ3) is 5.30. The highest BCUT2D eigenvalue weighted by molar-refractivity contribution is 5.90. The molecule has 1 saturated carbocycles. The van der Waals surface area contributed by atoms with Gasteiger partial charge in [-0.15, -0.1) is 0 Å². The lowest BCUT2D eigenvalue weighted by Gasteiger charge is -2.08. The summed E-state index contributed by atoms with van der Waals surface area (Å²) in [6, 6.07) is 8.17. The van der Waals surface area contributed by atoms with Crippen LogP contribution in [0, 0.1) is 0 Å². The van der Waals surface area contributed by atoms with Crippen molar-refractivity contribution >= 4 is 11.6 Å². The normalized spacial score (nSPS) is 14.2. The molecule has 2 N–H and O–H groups in total. The zero-order valence-electron chi connectivity index (χ0n) is 11.4. The van der Waals surface area contributed by atoms with Gasteiger partial charge >= 0.3 is 0 Å². The maximum atomic E-state index is 11.7. The lowest BCUT2D eigenvalue weighted by molar-refractivity contribution is -0.116. The Morgan fingerprint density at radius 1 is 1.32 bits per heavy atom. The molecule has 4 heteroatoms. The third-order valence-corrected chi connectivity index (χ3v) is 2.97. The number of nitrogens with one attached hydrogen (secondary N) is 2. The van der Waals surface area contributed by atoms with E-state index in [1.54, 1.807) is 0 Å². The van der Waals surface area contributed by atoms with Crippen molar-refractivity contribution in [3.05, 3.63) is 24.3 Å². The second kappa shape index (κ2) is 7.14. The van der Waals surface area contributed by atoms with E-state index in [9.17, 15) is 4.79 Å². The van der Waals surface area contributed by atoms with E-state index in [1.807, 2.05) is 24.3 Å². The average molecular weight is 262 g/mol. The number of benzene rings is 1. The van der Waals surface area contributed by atoms with Gasteiger partial charge in [-0.25, -0.2) is 0 Å². The summed E-state index contributed by atoms with van der Waals surface area (Å²) < 4.78 is 5.49. The number of anilines is 1. The number of ether oxygens (including phenoxy) is 1. The highest BCUT2D eigenvalue weighted by Gasteiger charge is 2.20. The average Bonchev–Trinajstić information content (AvgIpc) is 3.22. The third-order valence-electron chi connectivity index (χ3n) is 2.97. The highest BCUT2D eigenvalue weighted by Crippen LogP contribution is 2.18. The summed E-state index contributed by atoms with van der Waals surface area (Å²) in [6.07, 6.45) is 4.01. The van der Waals surface area contributed by atoms with E-state index in [-0.39, 0.29) is 5.91 Å². The molecule has 0 aliphatic heterocycles. The van der Waals surface area contributed by atoms with Crippen molar-refractivity contribution in [1.29, 1.82) is 0 Å². The molecule has 0 heterocycles. The standard InChI is InChI=1S/C15H22N2O2/c1-2-11-19-14-7-5-13(6-8-14)17-15(18)9-10-16-12-3-4-12/h5-8,12,16H,2-4,9-11H2,1H3,(H,17,18). The zero-order chi connectivity index (χ0) is 13.5. The van der Waals surface area contributed by atoms with Gasteiger partial charge in [0.2, 0.25) is 5.91 Å². The number of carbonyl (C=O) groups excluding carboxylic acids is 1. The van der Waals surface area contributed by atoms with Crippen LogP contribution >= 0.6 is 0 Å². The van der Waals surface area contributed by atoms with Gasteiger partial charge in [-0.05, 0) is 43.5 Å². The molecule has 0 atom stereocenters. The molecule has 1 aliphatic carbocycles. The van der Waals surface area contributed by atoms with Crippen LogP contribution in [0.25, 0.3) is 0 Å². The molecule has 1 fully saturated rings. The van der Waals surface area contributed by atoms with Crippen molar-refractivity contribution in [2.24, 2.45) is 0 Å². The molecule has 19 heavy (non-hydrogen) atoms. The van der Waals surface area contributed by atoms with Crippen LogP contribution in [0.15, 0.2) is 24.3 Å². The number of rotatable bonds is 8. The van der Waals surface area contributed by atoms with Gasteiger partial charge in [0.25, 0.3) is 0 Å². The summed E-state index contributed by atoms with van der Waals surface area (Å²) in [7, 11) is 0. The van der Waals surface area contributed by atoms with Crippen molar-refractivity contribution < 1.29 is 9.53 Å². The second-order valence-corrected chi connectivity index (χ2v) is 4.90. The molecule has 0 bridgehead atoms. The second-order valence-electron chi connectivity index (χ2n) is 4.90. The topological polar surface area (TPSA) is 50.4 Å². The SMILES string of the molecule is CCCOc1ccc(NC(=O)CCNC2CC2)cc1. The predicted octanol–water partition coefficient (Wildman–Crippen LogP) is 2.56. The number of hydrogen-bond acceptors (Lipinski definition) is 3. The van der Waals surface area contributed by atoms with Crippen LogP contribution < -0.4 is 15.4 Å². The number of amides is 1. The van der Waals surface area contributed by atoms with Crippen LogP contribution in [0.1, 0.15) is 32.6 Å². The Kier molecular flexibility index (Phi) is 5.21. The van der Waals surface area contributed by atoms with E-state index >= 15 is 0 Å². The fourth-order valence-corrected chi connectivity index (χ4v) is 1.76. The number of hydrogen-bond donors (Lipinski definition) is 2. The first-order valence-electron chi connectivity index (χ1n) is 7.04. The summed E-state index contributed by atoms with van der Waals surface area (Å²) in [6.45, 7) is 3.55. The molecule has 1 aromatic carbocycles. The summed E-state index contributed by atoms with van der Waals surface area (Å²) in [5, 5.41) is 6.21. The predicted molar refractivity (Wildman–Crippen MR) is 76.5 cm³/mol. The molecule has 0 saturated heterocycles. The molecule has 0 unspecified atom stereocenters. The minimum Gasteiger partial charge on any atom is -0.494 e. The quantitative estimate of drug-likeness (QED) is 0.757. The van der Waals surface area contributed by atoms with Gasteiger partial charge in [0, 0.05) is 24.7 Å². The van der Waals surface area contributed by atoms with E-state index in [2.05, 4.69) is 17.6 Å². The molecule has 4 nitrogen and oxygen atoms in total. The Morgan fingerprint density at radius 3 is 2.68 bits per heavy atom. The number of carbonyl (C=O) groups is 1. The van der Waals surface area contributed by atoms with Gasteiger partial charge in [-0.1, -0.05) is 6.92 Å². The van der Waals surface area contributed by atoms with Crippen LogP contribution in [-0.4, -0.2) is 25.1 Å². The van der Waals surface area contributed by atoms with Crippen molar-refractivity contribution in [1.82, 2.24) is 5.32 Å². The van der Waals surface area contributed by atoms with Gasteiger partial charge in [0.15, 0.2) is 0 Å². The minimum atomic E-state index is 0.0513. The van der Waals surface area contributed by atoms with E-state index in [1.165, 1.54) is 12.8 Å². The lowest BCUT2D eigenvalue weighted by atomic mass is 10.3. The van der Waals surface area contributed by atoms with Gasteiger partial charge in [0.1, 0.15) is 5.75 Å². The largest absolute Gasteiger partial charge is 0.494 e. The summed E-state index contributed by atoms with van der Waals surface area (Å²) in [5.41, 5.74) is 0.820. The summed E-state index contributed by atoms with van der Waals surface area (Å²) in [4.78, 5) is 11.7. The molecule has 104 valence electrons. The molecule has 2 rings (SSSR count). The van der Waals surface area contributed by atoms with E-state index in [4.69, 9.17) is 4.74 Å². The van der Waals surface area contributed by atoms with Crippen LogP contribution in [0.5, 0.6) is 5.75 Å². The van der Waals surface area contributed by atoms with Gasteiger partial charge in [0.05, 0.1) is 6.61 Å². The van der Waals surface area contributed by atoms with Crippen LogP contribution in [0.4, 0.5) is 5.69 Å². The van der Waals surface area contributed by atoms with E-state index < -0.39 is 0 Å². The first kappa shape index (κ1) is 13.9. The lowest BCUT2D eigenvalue weighted by Crippen LogP contribution is -2.23. The molecular weight excluding hydrogens is 240 g/mol. The maximum Gasteiger partial charge on any atom is 0.225 e. The van der Waals surface area contributed by atoms with Gasteiger partial charge in [-0.2, -0.15) is 0 Å². The summed E-state index contributed by atoms with van der Waals surface area (Å²) >= 11 is 0. The first-order chi connectivity index (χ1) is 9.28. The first-order valence-corrected chi connectivity index (χ1v) is 7.04. The maximum absolute atomic E-state index is 11.7. The van der Waals surface area contributed by atoms with Crippen molar-refractivity contribution in [2.75, 3.05) is 18.5 Å².